The molecule has 0 aromatic carbocycles. The predicted octanol–water partition coefficient (Wildman–Crippen LogP) is -0.292. The molecule has 4 heteroatoms. The van der Waals surface area contributed by atoms with Gasteiger partial charge in [-0.15, -0.1) is 0 Å². The summed E-state index contributed by atoms with van der Waals surface area (Å²) in [6.45, 7) is 0.166. The molecule has 0 saturated carbocycles. The zero-order valence-corrected chi connectivity index (χ0v) is 5.34. The van der Waals surface area contributed by atoms with E-state index in [4.69, 9.17) is 10.2 Å². The Hall–Kier alpha value is 0.690. The number of carboxylic acids is 1. The molecule has 0 bridgehead atoms. The fraction of sp³-hybridized carbons (Fsp3) is 0.833. The van der Waals surface area contributed by atoms with E-state index in [1.807, 2.05) is 0 Å². The first-order valence-electron chi connectivity index (χ1n) is 3.10. The number of carboxylic acid groups (broad SMARTS) is 1. The molecule has 0 aromatic heterocycles. The van der Waals surface area contributed by atoms with Crippen LogP contribution in [0.25, 0.3) is 0 Å². The van der Waals surface area contributed by atoms with Gasteiger partial charge in [0.05, 0.1) is 0 Å². The fourth-order valence-electron chi connectivity index (χ4n) is 0.565. The van der Waals surface area contributed by atoms with Crippen LogP contribution in [-0.4, -0.2) is 60.5 Å². The monoisotopic (exact) mass is 174 g/mol. The molecule has 58 valence electrons. The molecule has 0 unspecified atom stereocenters. The molecular weight excluding hydrogens is 160 g/mol. The Morgan fingerprint density at radius 3 is 2.20 bits per heavy atom. The summed E-state index contributed by atoms with van der Waals surface area (Å²) in [6, 6.07) is 0. The summed E-state index contributed by atoms with van der Waals surface area (Å²) < 4.78 is 0. The van der Waals surface area contributed by atoms with Crippen LogP contribution in [0.15, 0.2) is 0 Å². The number of aliphatic hydroxyl groups excluding tert-OH is 1. The molecule has 0 amide bonds. The molecular formula is C6H14CaO3. The SMILES string of the molecule is O=C(O)CCCCCO.[CaH2]. The normalized spacial score (nSPS) is 8.50. The van der Waals surface area contributed by atoms with Crippen molar-refractivity contribution in [3.8, 4) is 0 Å². The summed E-state index contributed by atoms with van der Waals surface area (Å²) in [4.78, 5) is 9.90. The van der Waals surface area contributed by atoms with Gasteiger partial charge in [0, 0.05) is 13.0 Å². The third kappa shape index (κ3) is 11.5. The van der Waals surface area contributed by atoms with Gasteiger partial charge in [0.25, 0.3) is 0 Å². The van der Waals surface area contributed by atoms with Crippen LogP contribution in [0, 0.1) is 0 Å². The number of aliphatic hydroxyl groups is 1. The van der Waals surface area contributed by atoms with Gasteiger partial charge >= 0.3 is 43.7 Å². The van der Waals surface area contributed by atoms with E-state index in [0.717, 1.165) is 6.42 Å². The first kappa shape index (κ1) is 13.3. The van der Waals surface area contributed by atoms with Crippen LogP contribution < -0.4 is 0 Å². The van der Waals surface area contributed by atoms with Crippen LogP contribution >= 0.6 is 0 Å². The van der Waals surface area contributed by atoms with Crippen molar-refractivity contribution in [3.05, 3.63) is 0 Å². The first-order valence-corrected chi connectivity index (χ1v) is 3.10. The average Bonchev–Trinajstić information content (AvgIpc) is 1.80. The molecule has 0 radical (unpaired) electrons. The Kier molecular flexibility index (Phi) is 12.9. The van der Waals surface area contributed by atoms with Crippen molar-refractivity contribution in [2.45, 2.75) is 25.7 Å². The van der Waals surface area contributed by atoms with E-state index in [2.05, 4.69) is 0 Å². The molecule has 10 heavy (non-hydrogen) atoms. The fourth-order valence-corrected chi connectivity index (χ4v) is 0.565. The molecule has 0 rings (SSSR count). The number of carbonyl (C=O) groups is 1. The van der Waals surface area contributed by atoms with Crippen molar-refractivity contribution < 1.29 is 15.0 Å². The van der Waals surface area contributed by atoms with Crippen LogP contribution in [0.5, 0.6) is 0 Å². The van der Waals surface area contributed by atoms with Crippen LogP contribution in [0.1, 0.15) is 25.7 Å². The first-order chi connectivity index (χ1) is 4.27. The molecule has 3 nitrogen and oxygen atoms in total. The quantitative estimate of drug-likeness (QED) is 0.445. The standard InChI is InChI=1S/C6H12O3.Ca.2H/c7-5-3-1-2-4-6(8)9;;;/h7H,1-5H2,(H,8,9);;;. The molecule has 0 atom stereocenters. The van der Waals surface area contributed by atoms with Crippen LogP contribution in [-0.2, 0) is 4.79 Å². The van der Waals surface area contributed by atoms with E-state index < -0.39 is 5.97 Å². The van der Waals surface area contributed by atoms with E-state index in [-0.39, 0.29) is 50.8 Å². The molecule has 0 aliphatic carbocycles. The van der Waals surface area contributed by atoms with Gasteiger partial charge < -0.3 is 10.2 Å². The number of hydrogen-bond acceptors (Lipinski definition) is 2. The molecule has 0 fully saturated rings. The Morgan fingerprint density at radius 2 is 1.80 bits per heavy atom. The Bertz CT molecular complexity index is 85.1. The number of aliphatic carboxylic acids is 1. The van der Waals surface area contributed by atoms with Crippen LogP contribution in [0.4, 0.5) is 0 Å². The summed E-state index contributed by atoms with van der Waals surface area (Å²) in [5, 5.41) is 16.4. The Labute approximate surface area is 90.4 Å². The summed E-state index contributed by atoms with van der Waals surface area (Å²) in [5.41, 5.74) is 0. The number of unbranched alkanes of at least 4 members (excludes halogenated alkanes) is 2. The minimum atomic E-state index is -0.757. The minimum absolute atomic E-state index is 0. The van der Waals surface area contributed by atoms with Gasteiger partial charge in [-0.1, -0.05) is 6.42 Å². The summed E-state index contributed by atoms with van der Waals surface area (Å²) in [6.07, 6.45) is 2.42. The van der Waals surface area contributed by atoms with Gasteiger partial charge in [-0.2, -0.15) is 0 Å². The second-order valence-corrected chi connectivity index (χ2v) is 1.93. The van der Waals surface area contributed by atoms with Gasteiger partial charge in [0.2, 0.25) is 0 Å². The van der Waals surface area contributed by atoms with E-state index in [1.54, 1.807) is 0 Å². The van der Waals surface area contributed by atoms with Crippen molar-refractivity contribution in [2.75, 3.05) is 6.61 Å². The molecule has 0 aliphatic rings. The maximum atomic E-state index is 9.90. The van der Waals surface area contributed by atoms with Crippen molar-refractivity contribution in [1.82, 2.24) is 0 Å². The van der Waals surface area contributed by atoms with Crippen molar-refractivity contribution in [1.29, 1.82) is 0 Å². The maximum absolute atomic E-state index is 9.90. The summed E-state index contributed by atoms with van der Waals surface area (Å²) >= 11 is 0. The van der Waals surface area contributed by atoms with Gasteiger partial charge in [0.15, 0.2) is 0 Å². The third-order valence-corrected chi connectivity index (χ3v) is 1.05. The molecule has 0 spiro atoms. The molecule has 2 N–H and O–H groups in total. The molecule has 0 heterocycles. The Morgan fingerprint density at radius 1 is 1.20 bits per heavy atom. The van der Waals surface area contributed by atoms with E-state index in [9.17, 15) is 4.79 Å². The van der Waals surface area contributed by atoms with E-state index in [1.165, 1.54) is 0 Å². The van der Waals surface area contributed by atoms with Crippen LogP contribution in [0.3, 0.4) is 0 Å². The van der Waals surface area contributed by atoms with Crippen molar-refractivity contribution >= 4 is 43.7 Å². The van der Waals surface area contributed by atoms with Crippen LogP contribution in [0.2, 0.25) is 0 Å². The van der Waals surface area contributed by atoms with E-state index in [0.29, 0.717) is 12.8 Å². The van der Waals surface area contributed by atoms with Crippen molar-refractivity contribution in [3.63, 3.8) is 0 Å². The molecule has 0 aromatic rings. The zero-order chi connectivity index (χ0) is 7.11. The van der Waals surface area contributed by atoms with Gasteiger partial charge in [-0.05, 0) is 12.8 Å². The molecule has 0 saturated heterocycles. The Balaban J connectivity index is 0. The summed E-state index contributed by atoms with van der Waals surface area (Å²) in [7, 11) is 0. The summed E-state index contributed by atoms with van der Waals surface area (Å²) in [5.74, 6) is -0.757. The van der Waals surface area contributed by atoms with Gasteiger partial charge in [-0.25, -0.2) is 0 Å². The van der Waals surface area contributed by atoms with Gasteiger partial charge in [-0.3, -0.25) is 4.79 Å². The number of rotatable bonds is 5. The number of hydrogen-bond donors (Lipinski definition) is 2. The second-order valence-electron chi connectivity index (χ2n) is 1.93. The second kappa shape index (κ2) is 9.69. The third-order valence-electron chi connectivity index (χ3n) is 1.05. The average molecular weight is 174 g/mol. The van der Waals surface area contributed by atoms with Gasteiger partial charge in [0.1, 0.15) is 0 Å². The molecule has 0 aliphatic heterocycles. The van der Waals surface area contributed by atoms with E-state index >= 15 is 0 Å². The zero-order valence-electron chi connectivity index (χ0n) is 5.34. The predicted molar refractivity (Wildman–Crippen MR) is 41.7 cm³/mol. The topological polar surface area (TPSA) is 57.5 Å². The van der Waals surface area contributed by atoms with Crippen molar-refractivity contribution in [2.24, 2.45) is 0 Å².